The zero-order chi connectivity index (χ0) is 21.0. The second-order valence-corrected chi connectivity index (χ2v) is 6.35. The van der Waals surface area contributed by atoms with Crippen LogP contribution in [0.5, 0.6) is 0 Å². The van der Waals surface area contributed by atoms with Gasteiger partial charge in [-0.15, -0.1) is 0 Å². The minimum atomic E-state index is -1.20. The largest absolute Gasteiger partial charge is 0.449 e. The lowest BCUT2D eigenvalue weighted by Gasteiger charge is -2.18. The third kappa shape index (κ3) is 4.81. The number of hydrogen-bond donors (Lipinski definition) is 1. The fraction of sp³-hybridized carbons (Fsp3) is 0.263. The van der Waals surface area contributed by atoms with Crippen LogP contribution in [0.25, 0.3) is 0 Å². The molecular formula is C19H20FN3O5. The highest BCUT2D eigenvalue weighted by Gasteiger charge is 2.24. The molecule has 28 heavy (non-hydrogen) atoms. The molecule has 0 aliphatic rings. The van der Waals surface area contributed by atoms with Gasteiger partial charge < -0.3 is 15.0 Å². The Morgan fingerprint density at radius 1 is 1.21 bits per heavy atom. The summed E-state index contributed by atoms with van der Waals surface area (Å²) >= 11 is 0. The van der Waals surface area contributed by atoms with E-state index in [0.717, 1.165) is 12.1 Å². The second kappa shape index (κ2) is 8.47. The lowest BCUT2D eigenvalue weighted by atomic mass is 10.1. The van der Waals surface area contributed by atoms with Crippen molar-refractivity contribution in [3.8, 4) is 0 Å². The molecule has 0 aliphatic heterocycles. The van der Waals surface area contributed by atoms with Gasteiger partial charge in [-0.05, 0) is 37.6 Å². The van der Waals surface area contributed by atoms with Crippen molar-refractivity contribution in [2.75, 3.05) is 24.3 Å². The van der Waals surface area contributed by atoms with Gasteiger partial charge in [-0.1, -0.05) is 6.07 Å². The number of halogens is 1. The van der Waals surface area contributed by atoms with Crippen molar-refractivity contribution in [3.05, 3.63) is 63.5 Å². The molecule has 0 spiro atoms. The molecule has 8 nitrogen and oxygen atoms in total. The number of aryl methyl sites for hydroxylation is 1. The Morgan fingerprint density at radius 3 is 2.46 bits per heavy atom. The molecule has 0 radical (unpaired) electrons. The van der Waals surface area contributed by atoms with Crippen LogP contribution in [0.2, 0.25) is 0 Å². The Labute approximate surface area is 161 Å². The maximum atomic E-state index is 13.6. The quantitative estimate of drug-likeness (QED) is 0.462. The van der Waals surface area contributed by atoms with E-state index in [0.29, 0.717) is 11.3 Å². The topological polar surface area (TPSA) is 102 Å². The number of anilines is 2. The molecule has 2 aromatic rings. The van der Waals surface area contributed by atoms with E-state index in [1.807, 2.05) is 0 Å². The predicted octanol–water partition coefficient (Wildman–Crippen LogP) is 3.29. The highest BCUT2D eigenvalue weighted by Crippen LogP contribution is 2.25. The molecule has 1 atom stereocenters. The van der Waals surface area contributed by atoms with Crippen molar-refractivity contribution in [1.29, 1.82) is 0 Å². The fourth-order valence-corrected chi connectivity index (χ4v) is 2.38. The molecule has 0 bridgehead atoms. The van der Waals surface area contributed by atoms with E-state index in [1.165, 1.54) is 31.2 Å². The van der Waals surface area contributed by atoms with Crippen LogP contribution >= 0.6 is 0 Å². The Kier molecular flexibility index (Phi) is 6.29. The first-order valence-corrected chi connectivity index (χ1v) is 8.34. The van der Waals surface area contributed by atoms with E-state index in [9.17, 15) is 24.1 Å². The first kappa shape index (κ1) is 20.8. The molecule has 9 heteroatoms. The van der Waals surface area contributed by atoms with Gasteiger partial charge in [-0.25, -0.2) is 9.18 Å². The van der Waals surface area contributed by atoms with Crippen molar-refractivity contribution < 1.29 is 23.6 Å². The smallest absolute Gasteiger partial charge is 0.341 e. The lowest BCUT2D eigenvalue weighted by molar-refractivity contribution is -0.384. The summed E-state index contributed by atoms with van der Waals surface area (Å²) in [6.45, 7) is 2.94. The van der Waals surface area contributed by atoms with Gasteiger partial charge in [0, 0.05) is 31.9 Å². The normalized spacial score (nSPS) is 11.5. The number of hydrogen-bond acceptors (Lipinski definition) is 6. The summed E-state index contributed by atoms with van der Waals surface area (Å²) in [6, 6.07) is 7.98. The molecule has 0 saturated carbocycles. The van der Waals surface area contributed by atoms with Gasteiger partial charge in [0.15, 0.2) is 6.10 Å². The molecule has 1 amide bonds. The van der Waals surface area contributed by atoms with E-state index >= 15 is 0 Å². The van der Waals surface area contributed by atoms with Crippen LogP contribution in [0, 0.1) is 22.9 Å². The van der Waals surface area contributed by atoms with E-state index in [4.69, 9.17) is 4.74 Å². The maximum Gasteiger partial charge on any atom is 0.341 e. The Morgan fingerprint density at radius 2 is 1.89 bits per heavy atom. The summed E-state index contributed by atoms with van der Waals surface area (Å²) < 4.78 is 18.7. The molecule has 1 N–H and O–H groups in total. The van der Waals surface area contributed by atoms with Crippen molar-refractivity contribution in [3.63, 3.8) is 0 Å². The van der Waals surface area contributed by atoms with Crippen molar-refractivity contribution in [2.45, 2.75) is 20.0 Å². The van der Waals surface area contributed by atoms with E-state index in [1.54, 1.807) is 25.9 Å². The standard InChI is InChI=1S/C19H20FN3O5/c1-11-5-6-13(9-16(11)20)21-18(24)12(2)28-19(25)15-10-14(23(26)27)7-8-17(15)22(3)4/h5-10,12H,1-4H3,(H,21,24)/t12-/m0/s1. The van der Waals surface area contributed by atoms with Crippen LogP contribution in [0.4, 0.5) is 21.5 Å². The molecule has 0 aliphatic carbocycles. The summed E-state index contributed by atoms with van der Waals surface area (Å²) in [5, 5.41) is 13.4. The summed E-state index contributed by atoms with van der Waals surface area (Å²) in [5.74, 6) is -2.02. The van der Waals surface area contributed by atoms with Crippen LogP contribution in [0.3, 0.4) is 0 Å². The zero-order valence-corrected chi connectivity index (χ0v) is 15.9. The highest BCUT2D eigenvalue weighted by atomic mass is 19.1. The fourth-order valence-electron chi connectivity index (χ4n) is 2.38. The van der Waals surface area contributed by atoms with Gasteiger partial charge in [-0.3, -0.25) is 14.9 Å². The summed E-state index contributed by atoms with van der Waals surface area (Å²) in [6.07, 6.45) is -1.20. The SMILES string of the molecule is Cc1ccc(NC(=O)[C@H](C)OC(=O)c2cc([N+](=O)[O-])ccc2N(C)C)cc1F. The Bertz CT molecular complexity index is 930. The number of non-ortho nitro benzene ring substituents is 1. The van der Waals surface area contributed by atoms with Crippen LogP contribution in [-0.2, 0) is 9.53 Å². The Balaban J connectivity index is 2.16. The molecule has 0 unspecified atom stereocenters. The molecule has 0 aromatic heterocycles. The molecule has 0 saturated heterocycles. The molecule has 2 aromatic carbocycles. The summed E-state index contributed by atoms with van der Waals surface area (Å²) in [4.78, 5) is 36.7. The van der Waals surface area contributed by atoms with Crippen LogP contribution in [-0.4, -0.2) is 37.0 Å². The van der Waals surface area contributed by atoms with Gasteiger partial charge in [0.1, 0.15) is 5.82 Å². The highest BCUT2D eigenvalue weighted by molar-refractivity contribution is 6.00. The number of amides is 1. The first-order valence-electron chi connectivity index (χ1n) is 8.34. The monoisotopic (exact) mass is 389 g/mol. The first-order chi connectivity index (χ1) is 13.1. The molecule has 0 fully saturated rings. The summed E-state index contributed by atoms with van der Waals surface area (Å²) in [7, 11) is 3.33. The Hall–Kier alpha value is -3.49. The number of benzene rings is 2. The zero-order valence-electron chi connectivity index (χ0n) is 15.9. The molecule has 148 valence electrons. The predicted molar refractivity (Wildman–Crippen MR) is 102 cm³/mol. The number of nitro groups is 1. The van der Waals surface area contributed by atoms with Crippen molar-refractivity contribution in [1.82, 2.24) is 0 Å². The number of carbonyl (C=O) groups is 2. The van der Waals surface area contributed by atoms with E-state index in [2.05, 4.69) is 5.32 Å². The minimum absolute atomic E-state index is 0.0415. The number of esters is 1. The van der Waals surface area contributed by atoms with E-state index in [-0.39, 0.29) is 16.9 Å². The van der Waals surface area contributed by atoms with Gasteiger partial charge in [-0.2, -0.15) is 0 Å². The van der Waals surface area contributed by atoms with Crippen molar-refractivity contribution >= 4 is 28.9 Å². The third-order valence-corrected chi connectivity index (χ3v) is 3.99. The van der Waals surface area contributed by atoms with Gasteiger partial charge in [0.2, 0.25) is 0 Å². The lowest BCUT2D eigenvalue weighted by Crippen LogP contribution is -2.30. The van der Waals surface area contributed by atoms with E-state index < -0.39 is 28.7 Å². The summed E-state index contributed by atoms with van der Waals surface area (Å²) in [5.41, 5.74) is 0.744. The number of ether oxygens (including phenoxy) is 1. The molecular weight excluding hydrogens is 369 g/mol. The van der Waals surface area contributed by atoms with Crippen LogP contribution < -0.4 is 10.2 Å². The average Bonchev–Trinajstić information content (AvgIpc) is 2.63. The van der Waals surface area contributed by atoms with Crippen LogP contribution in [0.1, 0.15) is 22.8 Å². The minimum Gasteiger partial charge on any atom is -0.449 e. The van der Waals surface area contributed by atoms with Gasteiger partial charge >= 0.3 is 5.97 Å². The average molecular weight is 389 g/mol. The van der Waals surface area contributed by atoms with Crippen molar-refractivity contribution in [2.24, 2.45) is 0 Å². The number of carbonyl (C=O) groups excluding carboxylic acids is 2. The second-order valence-electron chi connectivity index (χ2n) is 6.35. The number of nitrogens with one attached hydrogen (secondary N) is 1. The number of rotatable bonds is 6. The molecule has 0 heterocycles. The third-order valence-electron chi connectivity index (χ3n) is 3.99. The van der Waals surface area contributed by atoms with Gasteiger partial charge in [0.25, 0.3) is 11.6 Å². The van der Waals surface area contributed by atoms with Gasteiger partial charge in [0.05, 0.1) is 16.2 Å². The number of nitro benzene ring substituents is 1. The maximum absolute atomic E-state index is 13.6. The van der Waals surface area contributed by atoms with Crippen LogP contribution in [0.15, 0.2) is 36.4 Å². The molecule has 2 rings (SSSR count). The number of nitrogens with zero attached hydrogens (tertiary/aromatic N) is 2.